The molecule has 0 unspecified atom stereocenters. The van der Waals surface area contributed by atoms with Gasteiger partial charge in [0.25, 0.3) is 5.91 Å². The van der Waals surface area contributed by atoms with Gasteiger partial charge in [0.05, 0.1) is 16.9 Å². The fraction of sp³-hybridized carbons (Fsp3) is 0.190. The van der Waals surface area contributed by atoms with Crippen LogP contribution in [0.25, 0.3) is 5.69 Å². The molecule has 6 nitrogen and oxygen atoms in total. The molecule has 0 aliphatic rings. The highest BCUT2D eigenvalue weighted by atomic mass is 35.5. The summed E-state index contributed by atoms with van der Waals surface area (Å²) in [5.41, 5.74) is 0.231. The second kappa shape index (κ2) is 9.22. The van der Waals surface area contributed by atoms with E-state index in [-0.39, 0.29) is 17.3 Å². The van der Waals surface area contributed by atoms with Crippen LogP contribution in [0.2, 0.25) is 5.15 Å². The molecule has 0 aliphatic heterocycles. The SMILES string of the molecule is CCN(CC(=O)Nc1c(F)cccc1F)C(=O)c1c(C)nn(-c2ccc(F)cc2)c1Cl. The van der Waals surface area contributed by atoms with Crippen LogP contribution < -0.4 is 5.32 Å². The van der Waals surface area contributed by atoms with Gasteiger partial charge in [0.1, 0.15) is 34.8 Å². The van der Waals surface area contributed by atoms with Crippen molar-refractivity contribution in [3.05, 3.63) is 76.3 Å². The predicted molar refractivity (Wildman–Crippen MR) is 110 cm³/mol. The van der Waals surface area contributed by atoms with E-state index in [1.807, 2.05) is 0 Å². The monoisotopic (exact) mass is 450 g/mol. The number of anilines is 1. The summed E-state index contributed by atoms with van der Waals surface area (Å²) in [6.45, 7) is 2.88. The topological polar surface area (TPSA) is 67.2 Å². The molecule has 0 spiro atoms. The van der Waals surface area contributed by atoms with E-state index in [1.54, 1.807) is 13.8 Å². The third kappa shape index (κ3) is 4.72. The Labute approximate surface area is 181 Å². The molecule has 1 N–H and O–H groups in total. The molecule has 2 aromatic carbocycles. The highest BCUT2D eigenvalue weighted by Gasteiger charge is 2.26. The van der Waals surface area contributed by atoms with Crippen LogP contribution in [0, 0.1) is 24.4 Å². The van der Waals surface area contributed by atoms with Crippen molar-refractivity contribution in [2.24, 2.45) is 0 Å². The maximum atomic E-state index is 13.8. The van der Waals surface area contributed by atoms with Gasteiger partial charge >= 0.3 is 0 Å². The van der Waals surface area contributed by atoms with Crippen LogP contribution >= 0.6 is 11.6 Å². The zero-order valence-corrected chi connectivity index (χ0v) is 17.4. The van der Waals surface area contributed by atoms with Crippen molar-refractivity contribution < 1.29 is 22.8 Å². The van der Waals surface area contributed by atoms with Gasteiger partial charge in [-0.05, 0) is 50.2 Å². The summed E-state index contributed by atoms with van der Waals surface area (Å²) in [6, 6.07) is 8.56. The third-order valence-electron chi connectivity index (χ3n) is 4.52. The lowest BCUT2D eigenvalue weighted by molar-refractivity contribution is -0.116. The molecule has 0 bridgehead atoms. The lowest BCUT2D eigenvalue weighted by Gasteiger charge is -2.20. The Kier molecular flexibility index (Phi) is 6.65. The van der Waals surface area contributed by atoms with Gasteiger partial charge in [-0.25, -0.2) is 17.9 Å². The number of halogens is 4. The summed E-state index contributed by atoms with van der Waals surface area (Å²) in [7, 11) is 0. The minimum Gasteiger partial charge on any atom is -0.329 e. The summed E-state index contributed by atoms with van der Waals surface area (Å²) >= 11 is 6.37. The van der Waals surface area contributed by atoms with E-state index in [2.05, 4.69) is 10.4 Å². The molecule has 0 atom stereocenters. The Bertz CT molecular complexity index is 1110. The summed E-state index contributed by atoms with van der Waals surface area (Å²) in [4.78, 5) is 26.5. The molecule has 0 saturated heterocycles. The fourth-order valence-corrected chi connectivity index (χ4v) is 3.30. The van der Waals surface area contributed by atoms with Gasteiger partial charge in [0.2, 0.25) is 5.91 Å². The van der Waals surface area contributed by atoms with Gasteiger partial charge in [-0.1, -0.05) is 17.7 Å². The lowest BCUT2D eigenvalue weighted by Crippen LogP contribution is -2.38. The van der Waals surface area contributed by atoms with Crippen molar-refractivity contribution in [1.29, 1.82) is 0 Å². The van der Waals surface area contributed by atoms with Crippen LogP contribution in [-0.4, -0.2) is 39.6 Å². The maximum absolute atomic E-state index is 13.8. The first-order valence-electron chi connectivity index (χ1n) is 9.27. The minimum absolute atomic E-state index is 0.00638. The molecule has 31 heavy (non-hydrogen) atoms. The number of hydrogen-bond acceptors (Lipinski definition) is 3. The number of aromatic nitrogens is 2. The Balaban J connectivity index is 1.82. The Morgan fingerprint density at radius 3 is 2.29 bits per heavy atom. The second-order valence-electron chi connectivity index (χ2n) is 6.60. The molecule has 3 rings (SSSR count). The summed E-state index contributed by atoms with van der Waals surface area (Å²) in [6.07, 6.45) is 0. The molecule has 162 valence electrons. The Morgan fingerprint density at radius 2 is 1.71 bits per heavy atom. The number of hydrogen-bond donors (Lipinski definition) is 1. The third-order valence-corrected chi connectivity index (χ3v) is 4.87. The Hall–Kier alpha value is -3.33. The zero-order valence-electron chi connectivity index (χ0n) is 16.6. The van der Waals surface area contributed by atoms with E-state index >= 15 is 0 Å². The number of benzene rings is 2. The van der Waals surface area contributed by atoms with Crippen LogP contribution in [0.3, 0.4) is 0 Å². The number of carbonyl (C=O) groups is 2. The number of carbonyl (C=O) groups excluding carboxylic acids is 2. The van der Waals surface area contributed by atoms with Crippen molar-refractivity contribution >= 4 is 29.1 Å². The normalized spacial score (nSPS) is 10.8. The first kappa shape index (κ1) is 22.4. The number of likely N-dealkylation sites (N-methyl/N-ethyl adjacent to an activating group) is 1. The van der Waals surface area contributed by atoms with E-state index in [0.29, 0.717) is 11.4 Å². The fourth-order valence-electron chi connectivity index (χ4n) is 2.95. The van der Waals surface area contributed by atoms with E-state index < -0.39 is 41.5 Å². The van der Waals surface area contributed by atoms with Gasteiger partial charge in [-0.2, -0.15) is 5.10 Å². The molecule has 0 radical (unpaired) electrons. The quantitative estimate of drug-likeness (QED) is 0.607. The van der Waals surface area contributed by atoms with Gasteiger partial charge in [-0.3, -0.25) is 9.59 Å². The van der Waals surface area contributed by atoms with Crippen LogP contribution in [-0.2, 0) is 4.79 Å². The molecule has 1 heterocycles. The second-order valence-corrected chi connectivity index (χ2v) is 6.96. The van der Waals surface area contributed by atoms with E-state index in [1.165, 1.54) is 39.9 Å². The number of nitrogens with zero attached hydrogens (tertiary/aromatic N) is 3. The number of amides is 2. The molecule has 0 aliphatic carbocycles. The van der Waals surface area contributed by atoms with Crippen molar-refractivity contribution in [2.75, 3.05) is 18.4 Å². The Morgan fingerprint density at radius 1 is 1.10 bits per heavy atom. The van der Waals surface area contributed by atoms with Crippen LogP contribution in [0.4, 0.5) is 18.9 Å². The average Bonchev–Trinajstić information content (AvgIpc) is 3.03. The molecular weight excluding hydrogens is 433 g/mol. The molecule has 1 aromatic heterocycles. The van der Waals surface area contributed by atoms with Crippen molar-refractivity contribution in [1.82, 2.24) is 14.7 Å². The number of nitrogens with one attached hydrogen (secondary N) is 1. The summed E-state index contributed by atoms with van der Waals surface area (Å²) in [5.74, 6) is -3.65. The van der Waals surface area contributed by atoms with Crippen molar-refractivity contribution in [2.45, 2.75) is 13.8 Å². The van der Waals surface area contributed by atoms with Crippen LogP contribution in [0.5, 0.6) is 0 Å². The molecule has 10 heteroatoms. The van der Waals surface area contributed by atoms with Gasteiger partial charge in [-0.15, -0.1) is 0 Å². The molecule has 0 saturated carbocycles. The van der Waals surface area contributed by atoms with Gasteiger partial charge < -0.3 is 10.2 Å². The van der Waals surface area contributed by atoms with Gasteiger partial charge in [0, 0.05) is 6.54 Å². The minimum atomic E-state index is -0.929. The largest absolute Gasteiger partial charge is 0.329 e. The smallest absolute Gasteiger partial charge is 0.259 e. The first-order chi connectivity index (χ1) is 14.7. The molecule has 3 aromatic rings. The van der Waals surface area contributed by atoms with E-state index in [9.17, 15) is 22.8 Å². The van der Waals surface area contributed by atoms with E-state index in [0.717, 1.165) is 12.1 Å². The zero-order chi connectivity index (χ0) is 22.7. The highest BCUT2D eigenvalue weighted by Crippen LogP contribution is 2.25. The van der Waals surface area contributed by atoms with Crippen LogP contribution in [0.15, 0.2) is 42.5 Å². The molecule has 0 fully saturated rings. The van der Waals surface area contributed by atoms with Gasteiger partial charge in [0.15, 0.2) is 0 Å². The lowest BCUT2D eigenvalue weighted by atomic mass is 10.2. The standard InChI is InChI=1S/C21H18ClF3N4O2/c1-3-28(11-17(30)26-19-15(24)5-4-6-16(19)25)21(31)18-12(2)27-29(20(18)22)14-9-7-13(23)8-10-14/h4-10H,3,11H2,1-2H3,(H,26,30). The van der Waals surface area contributed by atoms with Crippen LogP contribution in [0.1, 0.15) is 23.0 Å². The number of aryl methyl sites for hydroxylation is 1. The van der Waals surface area contributed by atoms with Crippen molar-refractivity contribution in [3.8, 4) is 5.69 Å². The average molecular weight is 451 g/mol. The van der Waals surface area contributed by atoms with Crippen molar-refractivity contribution in [3.63, 3.8) is 0 Å². The van der Waals surface area contributed by atoms with E-state index in [4.69, 9.17) is 11.6 Å². The molecular formula is C21H18ClF3N4O2. The molecule has 2 amide bonds. The number of para-hydroxylation sites is 1. The first-order valence-corrected chi connectivity index (χ1v) is 9.65. The maximum Gasteiger partial charge on any atom is 0.259 e. The summed E-state index contributed by atoms with van der Waals surface area (Å²) < 4.78 is 42.0. The summed E-state index contributed by atoms with van der Waals surface area (Å²) in [5, 5.41) is 6.37. The predicted octanol–water partition coefficient (Wildman–Crippen LogP) is 4.35. The highest BCUT2D eigenvalue weighted by molar-refractivity contribution is 6.33. The number of rotatable bonds is 6.